The predicted molar refractivity (Wildman–Crippen MR) is 228 cm³/mol. The molecule has 0 spiro atoms. The fourth-order valence-electron chi connectivity index (χ4n) is 6.19. The van der Waals surface area contributed by atoms with E-state index in [0.29, 0.717) is 52.9 Å². The Bertz CT molecular complexity index is 761. The van der Waals surface area contributed by atoms with Crippen molar-refractivity contribution in [3.63, 3.8) is 0 Å². The fourth-order valence-corrected chi connectivity index (χ4v) is 8.16. The van der Waals surface area contributed by atoms with Gasteiger partial charge in [0.15, 0.2) is 0 Å². The minimum absolute atomic E-state index is 0. The fraction of sp³-hybridized carbons (Fsp3) is 1.00. The van der Waals surface area contributed by atoms with Crippen molar-refractivity contribution >= 4 is 17.2 Å². The van der Waals surface area contributed by atoms with Crippen molar-refractivity contribution in [3.8, 4) is 0 Å². The van der Waals surface area contributed by atoms with Crippen LogP contribution < -0.4 is 9.79 Å². The minimum atomic E-state index is -2.12. The molecule has 0 atom stereocenters. The summed E-state index contributed by atoms with van der Waals surface area (Å²) in [5, 5.41) is 0. The van der Waals surface area contributed by atoms with Gasteiger partial charge in [-0.25, -0.2) is 0 Å². The molecular weight excluding hydrogens is 809 g/mol. The van der Waals surface area contributed by atoms with Crippen molar-refractivity contribution < 1.29 is 63.3 Å². The van der Waals surface area contributed by atoms with E-state index in [1.165, 1.54) is 103 Å². The van der Waals surface area contributed by atoms with Crippen molar-refractivity contribution in [1.82, 2.24) is 0 Å². The Hall–Kier alpha value is 0.954. The van der Waals surface area contributed by atoms with Crippen LogP contribution in [0.25, 0.3) is 0 Å². The Kier molecular flexibility index (Phi) is 36.0. The molecule has 0 aromatic rings. The Morgan fingerprint density at radius 2 is 0.439 bits per heavy atom. The molecule has 344 valence electrons. The minimum Gasteiger partial charge on any atom is -0.786 e. The van der Waals surface area contributed by atoms with Crippen LogP contribution in [-0.2, 0) is 53.5 Å². The van der Waals surface area contributed by atoms with Crippen molar-refractivity contribution in [2.24, 2.45) is 21.7 Å². The van der Waals surface area contributed by atoms with E-state index in [2.05, 4.69) is 55.4 Å². The van der Waals surface area contributed by atoms with Gasteiger partial charge >= 0.3 is 16.5 Å². The molecule has 2 aliphatic rings. The van der Waals surface area contributed by atoms with Crippen LogP contribution in [0.1, 0.15) is 184 Å². The van der Waals surface area contributed by atoms with Crippen LogP contribution in [0, 0.1) is 21.7 Å². The topological polar surface area (TPSA) is 120 Å². The molecule has 2 aliphatic heterocycles. The molecule has 0 radical (unpaired) electrons. The van der Waals surface area contributed by atoms with Crippen molar-refractivity contribution in [3.05, 3.63) is 0 Å². The summed E-state index contributed by atoms with van der Waals surface area (Å²) in [6.45, 7) is 23.6. The van der Waals surface area contributed by atoms with Gasteiger partial charge < -0.3 is 46.8 Å². The molecule has 2 saturated heterocycles. The first-order valence-electron chi connectivity index (χ1n) is 22.4. The molecule has 0 amide bonds. The number of hydrogen-bond donors (Lipinski definition) is 0. The van der Waals surface area contributed by atoms with Crippen LogP contribution in [0.2, 0.25) is 0 Å². The summed E-state index contributed by atoms with van der Waals surface area (Å²) in [4.78, 5) is 24.1. The number of rotatable bonds is 0. The van der Waals surface area contributed by atoms with Gasteiger partial charge in [-0.05, 0) is 25.7 Å². The van der Waals surface area contributed by atoms with E-state index in [0.717, 1.165) is 52.1 Å². The molecule has 13 heteroatoms. The largest absolute Gasteiger partial charge is 2.00 e. The van der Waals surface area contributed by atoms with Crippen molar-refractivity contribution in [2.45, 2.75) is 184 Å². The third-order valence-electron chi connectivity index (χ3n) is 9.87. The van der Waals surface area contributed by atoms with Crippen molar-refractivity contribution in [2.75, 3.05) is 79.3 Å². The summed E-state index contributed by atoms with van der Waals surface area (Å²) in [5.74, 6) is 0. The van der Waals surface area contributed by atoms with Crippen molar-refractivity contribution in [1.29, 1.82) is 0 Å². The molecule has 2 heterocycles. The zero-order chi connectivity index (χ0) is 41.4. The van der Waals surface area contributed by atoms with E-state index >= 15 is 0 Å². The number of hydrogen-bond acceptors (Lipinski definition) is 10. The monoisotopic (exact) mass is 897 g/mol. The van der Waals surface area contributed by atoms with Gasteiger partial charge in [0.2, 0.25) is 0 Å². The van der Waals surface area contributed by atoms with Gasteiger partial charge in [0, 0.05) is 48.1 Å². The van der Waals surface area contributed by atoms with E-state index in [4.69, 9.17) is 37.0 Å². The van der Waals surface area contributed by atoms with Gasteiger partial charge in [-0.2, -0.15) is 0 Å². The van der Waals surface area contributed by atoms with Crippen LogP contribution in [0.4, 0.5) is 0 Å². The third kappa shape index (κ3) is 38.4. The average Bonchev–Trinajstić information content (AvgIpc) is 3.14. The zero-order valence-corrected chi connectivity index (χ0v) is 40.7. The maximum Gasteiger partial charge on any atom is 2.00 e. The molecule has 0 aromatic carbocycles. The molecule has 2 fully saturated rings. The SMILES string of the molecule is CC1(C)COCCCCCCCCCCCCOCC(C)(C)COP([O-])OC1.CC1(C)COCCCCCCCCCCCCOCC(C)(C)COP([O-])OC1.[Ni+2]. The molecule has 2 rings (SSSR count). The smallest absolute Gasteiger partial charge is 0.786 e. The van der Waals surface area contributed by atoms with Gasteiger partial charge in [0.25, 0.3) is 0 Å². The summed E-state index contributed by atoms with van der Waals surface area (Å²) < 4.78 is 45.0. The second-order valence-corrected chi connectivity index (χ2v) is 21.4. The first-order valence-corrected chi connectivity index (χ1v) is 24.6. The second-order valence-electron chi connectivity index (χ2n) is 19.5. The summed E-state index contributed by atoms with van der Waals surface area (Å²) in [5.41, 5.74) is -0.713. The van der Waals surface area contributed by atoms with E-state index in [1.54, 1.807) is 0 Å². The van der Waals surface area contributed by atoms with Crippen LogP contribution in [-0.4, -0.2) is 79.3 Å². The normalized spacial score (nSPS) is 26.0. The third-order valence-corrected chi connectivity index (χ3v) is 11.2. The van der Waals surface area contributed by atoms with Crippen LogP contribution in [0.5, 0.6) is 0 Å². The Morgan fingerprint density at radius 1 is 0.281 bits per heavy atom. The summed E-state index contributed by atoms with van der Waals surface area (Å²) in [6, 6.07) is 0. The van der Waals surface area contributed by atoms with E-state index in [1.807, 2.05) is 0 Å². The summed E-state index contributed by atoms with van der Waals surface area (Å²) >= 11 is 0. The van der Waals surface area contributed by atoms with Crippen LogP contribution in [0.3, 0.4) is 0 Å². The molecule has 0 aliphatic carbocycles. The second kappa shape index (κ2) is 35.4. The van der Waals surface area contributed by atoms with E-state index in [-0.39, 0.29) is 38.2 Å². The van der Waals surface area contributed by atoms with E-state index < -0.39 is 17.2 Å². The zero-order valence-electron chi connectivity index (χ0n) is 37.9. The standard InChI is InChI=1S/2C22H44O5P.Ni/c2*1-21(2)17-24-15-13-11-9-7-5-6-8-10-12-14-16-25-18-22(3,4)20-27-28(23)26-19-21;/h2*5-20H2,1-4H3;/q2*-1;+2. The molecular formula is C44H88NiO10P2. The Balaban J connectivity index is 0.00000108. The predicted octanol–water partition coefficient (Wildman–Crippen LogP) is 11.2. The molecule has 0 aromatic heterocycles. The average molecular weight is 898 g/mol. The molecule has 0 saturated carbocycles. The van der Waals surface area contributed by atoms with Gasteiger partial charge in [0.05, 0.1) is 70.1 Å². The summed E-state index contributed by atoms with van der Waals surface area (Å²) in [6.07, 6.45) is 25.4. The van der Waals surface area contributed by atoms with Gasteiger partial charge in [-0.15, -0.1) is 0 Å². The summed E-state index contributed by atoms with van der Waals surface area (Å²) in [7, 11) is -4.23. The van der Waals surface area contributed by atoms with Gasteiger partial charge in [0.1, 0.15) is 0 Å². The van der Waals surface area contributed by atoms with Gasteiger partial charge in [-0.3, -0.25) is 0 Å². The van der Waals surface area contributed by atoms with E-state index in [9.17, 15) is 9.79 Å². The maximum atomic E-state index is 12.1. The maximum absolute atomic E-state index is 12.1. The first kappa shape index (κ1) is 58.0. The number of ether oxygens (including phenoxy) is 4. The Labute approximate surface area is 363 Å². The molecule has 0 bridgehead atoms. The molecule has 0 unspecified atom stereocenters. The van der Waals surface area contributed by atoms with Crippen LogP contribution >= 0.6 is 17.2 Å². The quantitative estimate of drug-likeness (QED) is 0.172. The molecule has 10 nitrogen and oxygen atoms in total. The van der Waals surface area contributed by atoms with Crippen LogP contribution in [0.15, 0.2) is 0 Å². The first-order chi connectivity index (χ1) is 26.6. The van der Waals surface area contributed by atoms with Gasteiger partial charge in [-0.1, -0.05) is 158 Å². The molecule has 57 heavy (non-hydrogen) atoms. The Morgan fingerprint density at radius 3 is 0.614 bits per heavy atom. The molecule has 0 N–H and O–H groups in total.